The van der Waals surface area contributed by atoms with Crippen molar-refractivity contribution >= 4 is 34.4 Å². The molecular weight excluding hydrogens is 510 g/mol. The molecule has 2 aromatic carbocycles. The van der Waals surface area contributed by atoms with Crippen molar-refractivity contribution in [1.29, 1.82) is 0 Å². The molecule has 0 fully saturated rings. The van der Waals surface area contributed by atoms with Crippen LogP contribution in [0.5, 0.6) is 0 Å². The molecule has 41 heavy (non-hydrogen) atoms. The number of nitrogens with one attached hydrogen (secondary N) is 1. The summed E-state index contributed by atoms with van der Waals surface area (Å²) in [4.78, 5) is 35.6. The minimum Gasteiger partial charge on any atom is -0.370 e. The van der Waals surface area contributed by atoms with Gasteiger partial charge in [-0.3, -0.25) is 9.59 Å². The minimum absolute atomic E-state index is 0.348. The molecule has 0 atom stereocenters. The Balaban J connectivity index is 1.28. The SMILES string of the molecule is CCc1ccnc(N(C)CCN(CC)c2ccc(NC(=O)C(=O)c3c(-c4ccccc4)cc4ccccn34)cc2)c1. The molecule has 0 bridgehead atoms. The number of ketones is 1. The summed E-state index contributed by atoms with van der Waals surface area (Å²) in [7, 11) is 2.06. The van der Waals surface area contributed by atoms with Crippen LogP contribution in [0.4, 0.5) is 17.2 Å². The Morgan fingerprint density at radius 2 is 1.63 bits per heavy atom. The van der Waals surface area contributed by atoms with Gasteiger partial charge in [-0.05, 0) is 79.1 Å². The van der Waals surface area contributed by atoms with Crippen molar-refractivity contribution in [3.05, 3.63) is 115 Å². The second-order valence-electron chi connectivity index (χ2n) is 9.98. The smallest absolute Gasteiger partial charge is 0.298 e. The summed E-state index contributed by atoms with van der Waals surface area (Å²) in [5, 5.41) is 2.80. The second-order valence-corrected chi connectivity index (χ2v) is 9.98. The lowest BCUT2D eigenvalue weighted by atomic mass is 10.0. The summed E-state index contributed by atoms with van der Waals surface area (Å²) in [6.07, 6.45) is 4.65. The lowest BCUT2D eigenvalue weighted by Gasteiger charge is -2.27. The highest BCUT2D eigenvalue weighted by atomic mass is 16.2. The lowest BCUT2D eigenvalue weighted by Crippen LogP contribution is -2.33. The van der Waals surface area contributed by atoms with Crippen molar-refractivity contribution in [1.82, 2.24) is 9.38 Å². The van der Waals surface area contributed by atoms with Crippen LogP contribution in [0.2, 0.25) is 0 Å². The number of benzene rings is 2. The maximum Gasteiger partial charge on any atom is 0.298 e. The van der Waals surface area contributed by atoms with Gasteiger partial charge in [0.25, 0.3) is 11.7 Å². The van der Waals surface area contributed by atoms with Crippen molar-refractivity contribution in [2.45, 2.75) is 20.3 Å². The standard InChI is InChI=1S/C34H35N5O2/c1-4-25-18-19-35-31(23-25)37(3)21-22-38(5-2)28-16-14-27(15-17-28)36-34(41)33(40)32-30(26-11-7-6-8-12-26)24-29-13-9-10-20-39(29)32/h6-20,23-24H,4-5,21-22H2,1-3H3,(H,36,41). The number of rotatable bonds is 11. The number of carbonyl (C=O) groups is 2. The van der Waals surface area contributed by atoms with Crippen LogP contribution in [0.15, 0.2) is 103 Å². The predicted octanol–water partition coefficient (Wildman–Crippen LogP) is 6.35. The Labute approximate surface area is 241 Å². The van der Waals surface area contributed by atoms with E-state index < -0.39 is 11.7 Å². The number of anilines is 3. The third-order valence-corrected chi connectivity index (χ3v) is 7.37. The van der Waals surface area contributed by atoms with Gasteiger partial charge in [0.2, 0.25) is 0 Å². The Kier molecular flexibility index (Phi) is 8.44. The van der Waals surface area contributed by atoms with Crippen LogP contribution >= 0.6 is 0 Å². The molecule has 7 heteroatoms. The molecule has 208 valence electrons. The monoisotopic (exact) mass is 545 g/mol. The predicted molar refractivity (Wildman–Crippen MR) is 167 cm³/mol. The van der Waals surface area contributed by atoms with E-state index >= 15 is 0 Å². The topological polar surface area (TPSA) is 70.0 Å². The van der Waals surface area contributed by atoms with E-state index in [2.05, 4.69) is 47.1 Å². The molecule has 5 rings (SSSR count). The second kappa shape index (κ2) is 12.5. The molecule has 3 aromatic heterocycles. The summed E-state index contributed by atoms with van der Waals surface area (Å²) >= 11 is 0. The number of carbonyl (C=O) groups excluding carboxylic acids is 2. The third kappa shape index (κ3) is 6.14. The zero-order chi connectivity index (χ0) is 28.8. The van der Waals surface area contributed by atoms with Crippen LogP contribution in [-0.2, 0) is 11.2 Å². The van der Waals surface area contributed by atoms with Gasteiger partial charge in [-0.1, -0.05) is 43.3 Å². The number of aromatic nitrogens is 2. The number of Topliss-reactive ketones (excluding diaryl/α,β-unsaturated/α-hetero) is 1. The van der Waals surface area contributed by atoms with E-state index in [4.69, 9.17) is 0 Å². The molecular formula is C34H35N5O2. The van der Waals surface area contributed by atoms with E-state index in [-0.39, 0.29) is 0 Å². The number of nitrogens with zero attached hydrogens (tertiary/aromatic N) is 4. The van der Waals surface area contributed by atoms with Crippen molar-refractivity contribution < 1.29 is 9.59 Å². The highest BCUT2D eigenvalue weighted by molar-refractivity contribution is 6.47. The fourth-order valence-electron chi connectivity index (χ4n) is 4.99. The van der Waals surface area contributed by atoms with Crippen LogP contribution in [0.25, 0.3) is 16.6 Å². The van der Waals surface area contributed by atoms with Gasteiger partial charge in [0, 0.05) is 61.5 Å². The summed E-state index contributed by atoms with van der Waals surface area (Å²) in [6.45, 7) is 6.74. The van der Waals surface area contributed by atoms with Gasteiger partial charge in [-0.15, -0.1) is 0 Å². The fourth-order valence-corrected chi connectivity index (χ4v) is 4.99. The van der Waals surface area contributed by atoms with Crippen LogP contribution in [0.3, 0.4) is 0 Å². The highest BCUT2D eigenvalue weighted by Gasteiger charge is 2.25. The highest BCUT2D eigenvalue weighted by Crippen LogP contribution is 2.28. The first kappa shape index (κ1) is 27.6. The molecule has 0 spiro atoms. The minimum atomic E-state index is -0.672. The zero-order valence-corrected chi connectivity index (χ0v) is 23.7. The van der Waals surface area contributed by atoms with E-state index in [1.54, 1.807) is 4.40 Å². The number of aryl methyl sites for hydroxylation is 1. The van der Waals surface area contributed by atoms with E-state index in [0.29, 0.717) is 11.4 Å². The van der Waals surface area contributed by atoms with E-state index in [1.807, 2.05) is 97.3 Å². The Morgan fingerprint density at radius 3 is 2.37 bits per heavy atom. The summed E-state index contributed by atoms with van der Waals surface area (Å²) in [5.41, 5.74) is 5.70. The Hall–Kier alpha value is -4.91. The molecule has 1 N–H and O–H groups in total. The average molecular weight is 546 g/mol. The number of amides is 1. The van der Waals surface area contributed by atoms with Crippen molar-refractivity contribution in [2.75, 3.05) is 41.8 Å². The molecule has 1 amide bonds. The van der Waals surface area contributed by atoms with Crippen molar-refractivity contribution in [2.24, 2.45) is 0 Å². The maximum atomic E-state index is 13.5. The van der Waals surface area contributed by atoms with Crippen LogP contribution < -0.4 is 15.1 Å². The quantitative estimate of drug-likeness (QED) is 0.155. The first-order valence-electron chi connectivity index (χ1n) is 14.0. The van der Waals surface area contributed by atoms with Crippen LogP contribution in [-0.4, -0.2) is 47.8 Å². The molecule has 0 radical (unpaired) electrons. The van der Waals surface area contributed by atoms with Crippen molar-refractivity contribution in [3.63, 3.8) is 0 Å². The molecule has 0 aliphatic carbocycles. The number of fused-ring (bicyclic) bond motifs is 1. The largest absolute Gasteiger partial charge is 0.370 e. The Morgan fingerprint density at radius 1 is 0.878 bits per heavy atom. The molecule has 0 saturated heterocycles. The fraction of sp³-hybridized carbons (Fsp3) is 0.206. The van der Waals surface area contributed by atoms with Crippen LogP contribution in [0.1, 0.15) is 29.9 Å². The van der Waals surface area contributed by atoms with Gasteiger partial charge >= 0.3 is 0 Å². The average Bonchev–Trinajstić information content (AvgIpc) is 3.41. The van der Waals surface area contributed by atoms with Gasteiger partial charge in [0.15, 0.2) is 0 Å². The third-order valence-electron chi connectivity index (χ3n) is 7.37. The van der Waals surface area contributed by atoms with Gasteiger partial charge in [0.1, 0.15) is 11.5 Å². The first-order chi connectivity index (χ1) is 20.0. The van der Waals surface area contributed by atoms with E-state index in [1.165, 1.54) is 5.56 Å². The number of hydrogen-bond donors (Lipinski definition) is 1. The van der Waals surface area contributed by atoms with Crippen molar-refractivity contribution in [3.8, 4) is 11.1 Å². The summed E-state index contributed by atoms with van der Waals surface area (Å²) in [5.74, 6) is -0.290. The molecule has 0 aliphatic heterocycles. The first-order valence-corrected chi connectivity index (χ1v) is 14.0. The number of pyridine rings is 2. The van der Waals surface area contributed by atoms with E-state index in [9.17, 15) is 9.59 Å². The summed E-state index contributed by atoms with van der Waals surface area (Å²) < 4.78 is 1.78. The Bertz CT molecular complexity index is 1640. The maximum absolute atomic E-state index is 13.5. The molecule has 0 aliphatic rings. The molecule has 0 unspecified atom stereocenters. The van der Waals surface area contributed by atoms with Crippen LogP contribution in [0, 0.1) is 0 Å². The molecule has 7 nitrogen and oxygen atoms in total. The number of hydrogen-bond acceptors (Lipinski definition) is 5. The molecule has 3 heterocycles. The zero-order valence-electron chi connectivity index (χ0n) is 23.7. The number of likely N-dealkylation sites (N-methyl/N-ethyl adjacent to an activating group) is 2. The van der Waals surface area contributed by atoms with E-state index in [0.717, 1.165) is 54.2 Å². The summed E-state index contributed by atoms with van der Waals surface area (Å²) in [6, 6.07) is 29.1. The lowest BCUT2D eigenvalue weighted by molar-refractivity contribution is -0.112. The van der Waals surface area contributed by atoms with Gasteiger partial charge in [-0.2, -0.15) is 0 Å². The van der Waals surface area contributed by atoms with Gasteiger partial charge < -0.3 is 19.5 Å². The molecule has 0 saturated carbocycles. The van der Waals surface area contributed by atoms with Gasteiger partial charge in [-0.25, -0.2) is 4.98 Å². The molecule has 5 aromatic rings. The van der Waals surface area contributed by atoms with Gasteiger partial charge in [0.05, 0.1) is 0 Å². The normalized spacial score (nSPS) is 10.9.